The summed E-state index contributed by atoms with van der Waals surface area (Å²) < 4.78 is 5.09. The van der Waals surface area contributed by atoms with Crippen molar-refractivity contribution < 1.29 is 9.84 Å². The summed E-state index contributed by atoms with van der Waals surface area (Å²) in [6.07, 6.45) is 1.08. The molecule has 1 aromatic rings. The Labute approximate surface area is 110 Å². The molecule has 0 saturated carbocycles. The summed E-state index contributed by atoms with van der Waals surface area (Å²) in [4.78, 5) is 0. The average molecular weight is 251 g/mol. The highest BCUT2D eigenvalue weighted by atomic mass is 16.5. The number of aromatic hydroxyl groups is 1. The van der Waals surface area contributed by atoms with E-state index in [0.717, 1.165) is 12.0 Å². The van der Waals surface area contributed by atoms with Crippen LogP contribution in [0, 0.1) is 5.92 Å². The zero-order valence-electron chi connectivity index (χ0n) is 12.0. The highest BCUT2D eigenvalue weighted by molar-refractivity contribution is 5.41. The minimum absolute atomic E-state index is 0.128. The van der Waals surface area contributed by atoms with E-state index in [4.69, 9.17) is 4.74 Å². The van der Waals surface area contributed by atoms with Crippen molar-refractivity contribution in [2.24, 2.45) is 5.92 Å². The Morgan fingerprint density at radius 1 is 1.28 bits per heavy atom. The molecule has 3 nitrogen and oxygen atoms in total. The molecule has 1 aromatic carbocycles. The summed E-state index contributed by atoms with van der Waals surface area (Å²) >= 11 is 0. The molecule has 0 amide bonds. The van der Waals surface area contributed by atoms with Crippen LogP contribution in [0.25, 0.3) is 0 Å². The minimum Gasteiger partial charge on any atom is -0.507 e. The molecule has 0 aliphatic heterocycles. The van der Waals surface area contributed by atoms with Crippen LogP contribution in [-0.4, -0.2) is 18.3 Å². The molecule has 0 saturated heterocycles. The number of phenols is 1. The molecule has 3 heteroatoms. The van der Waals surface area contributed by atoms with E-state index in [1.54, 1.807) is 13.2 Å². The Bertz CT molecular complexity index is 377. The maximum absolute atomic E-state index is 10.00. The Balaban J connectivity index is 2.80. The highest BCUT2D eigenvalue weighted by Crippen LogP contribution is 2.29. The van der Waals surface area contributed by atoms with E-state index in [1.807, 2.05) is 12.1 Å². The van der Waals surface area contributed by atoms with Crippen LogP contribution in [0.2, 0.25) is 0 Å². The fraction of sp³-hybridized carbons (Fsp3) is 0.600. The standard InChI is InChI=1S/C15H25NO2/c1-6-14(10(2)3)16-11(4)13-8-7-12(18-5)9-15(13)17/h7-11,14,16-17H,6H2,1-5H3. The molecule has 0 heterocycles. The molecule has 0 aliphatic carbocycles. The zero-order valence-corrected chi connectivity index (χ0v) is 12.0. The van der Waals surface area contributed by atoms with Crippen molar-refractivity contribution in [3.8, 4) is 11.5 Å². The SMILES string of the molecule is CCC(NC(C)c1ccc(OC)cc1O)C(C)C. The first-order valence-corrected chi connectivity index (χ1v) is 6.62. The fourth-order valence-electron chi connectivity index (χ4n) is 2.21. The Hall–Kier alpha value is -1.22. The van der Waals surface area contributed by atoms with Gasteiger partial charge < -0.3 is 15.2 Å². The quantitative estimate of drug-likeness (QED) is 0.813. The van der Waals surface area contributed by atoms with E-state index in [9.17, 15) is 5.11 Å². The summed E-state index contributed by atoms with van der Waals surface area (Å²) in [5.74, 6) is 1.55. The first-order valence-electron chi connectivity index (χ1n) is 6.62. The zero-order chi connectivity index (χ0) is 13.7. The van der Waals surface area contributed by atoms with Gasteiger partial charge in [0.2, 0.25) is 0 Å². The Morgan fingerprint density at radius 2 is 1.94 bits per heavy atom. The van der Waals surface area contributed by atoms with Gasteiger partial charge in [0.15, 0.2) is 0 Å². The smallest absolute Gasteiger partial charge is 0.124 e. The van der Waals surface area contributed by atoms with Crippen LogP contribution in [0.3, 0.4) is 0 Å². The van der Waals surface area contributed by atoms with E-state index in [2.05, 4.69) is 33.0 Å². The Kier molecular flexibility index (Phi) is 5.48. The number of ether oxygens (including phenoxy) is 1. The largest absolute Gasteiger partial charge is 0.507 e. The molecule has 102 valence electrons. The molecule has 1 rings (SSSR count). The predicted molar refractivity (Wildman–Crippen MR) is 75.1 cm³/mol. The van der Waals surface area contributed by atoms with Crippen LogP contribution < -0.4 is 10.1 Å². The number of methoxy groups -OCH3 is 1. The molecular formula is C15H25NO2. The van der Waals surface area contributed by atoms with Crippen molar-refractivity contribution in [3.05, 3.63) is 23.8 Å². The third-order valence-electron chi connectivity index (χ3n) is 3.41. The number of benzene rings is 1. The van der Waals surface area contributed by atoms with Crippen LogP contribution in [-0.2, 0) is 0 Å². The summed E-state index contributed by atoms with van der Waals surface area (Å²) in [7, 11) is 1.60. The predicted octanol–water partition coefficient (Wildman–Crippen LogP) is 3.49. The molecule has 2 N–H and O–H groups in total. The van der Waals surface area contributed by atoms with Gasteiger partial charge in [-0.2, -0.15) is 0 Å². The molecule has 2 atom stereocenters. The number of nitrogens with one attached hydrogen (secondary N) is 1. The van der Waals surface area contributed by atoms with Gasteiger partial charge in [-0.05, 0) is 25.3 Å². The van der Waals surface area contributed by atoms with E-state index in [1.165, 1.54) is 0 Å². The summed E-state index contributed by atoms with van der Waals surface area (Å²) in [5, 5.41) is 13.6. The van der Waals surface area contributed by atoms with Crippen LogP contribution in [0.15, 0.2) is 18.2 Å². The maximum atomic E-state index is 10.00. The van der Waals surface area contributed by atoms with Gasteiger partial charge in [-0.3, -0.25) is 0 Å². The number of phenolic OH excluding ortho intramolecular Hbond substituents is 1. The molecule has 0 aliphatic rings. The number of rotatable bonds is 6. The van der Waals surface area contributed by atoms with Crippen molar-refractivity contribution >= 4 is 0 Å². The topological polar surface area (TPSA) is 41.5 Å². The van der Waals surface area contributed by atoms with E-state index in [0.29, 0.717) is 17.7 Å². The van der Waals surface area contributed by atoms with Gasteiger partial charge in [0.05, 0.1) is 7.11 Å². The molecule has 0 fully saturated rings. The monoisotopic (exact) mass is 251 g/mol. The first-order chi connectivity index (χ1) is 8.49. The van der Waals surface area contributed by atoms with Crippen LogP contribution in [0.5, 0.6) is 11.5 Å². The molecular weight excluding hydrogens is 226 g/mol. The lowest BCUT2D eigenvalue weighted by molar-refractivity contribution is 0.348. The average Bonchev–Trinajstić information content (AvgIpc) is 2.34. The van der Waals surface area contributed by atoms with Crippen molar-refractivity contribution in [3.63, 3.8) is 0 Å². The lowest BCUT2D eigenvalue weighted by Crippen LogP contribution is -2.35. The fourth-order valence-corrected chi connectivity index (χ4v) is 2.21. The molecule has 18 heavy (non-hydrogen) atoms. The third kappa shape index (κ3) is 3.64. The second-order valence-corrected chi connectivity index (χ2v) is 5.07. The third-order valence-corrected chi connectivity index (χ3v) is 3.41. The molecule has 0 aromatic heterocycles. The molecule has 0 bridgehead atoms. The van der Waals surface area contributed by atoms with Gasteiger partial charge in [-0.15, -0.1) is 0 Å². The van der Waals surface area contributed by atoms with Crippen molar-refractivity contribution in [1.82, 2.24) is 5.32 Å². The lowest BCUT2D eigenvalue weighted by Gasteiger charge is -2.26. The molecule has 0 radical (unpaired) electrons. The summed E-state index contributed by atoms with van der Waals surface area (Å²) in [6, 6.07) is 6.04. The second kappa shape index (κ2) is 6.64. The van der Waals surface area contributed by atoms with Crippen molar-refractivity contribution in [1.29, 1.82) is 0 Å². The van der Waals surface area contributed by atoms with Gasteiger partial charge >= 0.3 is 0 Å². The molecule has 2 unspecified atom stereocenters. The van der Waals surface area contributed by atoms with Gasteiger partial charge in [0.25, 0.3) is 0 Å². The summed E-state index contributed by atoms with van der Waals surface area (Å²) in [6.45, 7) is 8.67. The van der Waals surface area contributed by atoms with E-state index >= 15 is 0 Å². The highest BCUT2D eigenvalue weighted by Gasteiger charge is 2.17. The van der Waals surface area contributed by atoms with Crippen LogP contribution >= 0.6 is 0 Å². The second-order valence-electron chi connectivity index (χ2n) is 5.07. The van der Waals surface area contributed by atoms with Gasteiger partial charge in [0.1, 0.15) is 11.5 Å². The Morgan fingerprint density at radius 3 is 2.39 bits per heavy atom. The normalized spacial score (nSPS) is 14.6. The van der Waals surface area contributed by atoms with Crippen molar-refractivity contribution in [2.75, 3.05) is 7.11 Å². The number of hydrogen-bond donors (Lipinski definition) is 2. The lowest BCUT2D eigenvalue weighted by atomic mass is 9.98. The summed E-state index contributed by atoms with van der Waals surface area (Å²) in [5.41, 5.74) is 0.912. The van der Waals surface area contributed by atoms with Gasteiger partial charge in [-0.1, -0.05) is 26.8 Å². The van der Waals surface area contributed by atoms with E-state index < -0.39 is 0 Å². The van der Waals surface area contributed by atoms with E-state index in [-0.39, 0.29) is 11.8 Å². The minimum atomic E-state index is 0.128. The van der Waals surface area contributed by atoms with Crippen LogP contribution in [0.1, 0.15) is 45.7 Å². The van der Waals surface area contributed by atoms with Crippen LogP contribution in [0.4, 0.5) is 0 Å². The van der Waals surface area contributed by atoms with Gasteiger partial charge in [-0.25, -0.2) is 0 Å². The number of hydrogen-bond acceptors (Lipinski definition) is 3. The first kappa shape index (κ1) is 14.8. The maximum Gasteiger partial charge on any atom is 0.124 e. The van der Waals surface area contributed by atoms with Crippen molar-refractivity contribution in [2.45, 2.75) is 46.2 Å². The van der Waals surface area contributed by atoms with Gasteiger partial charge in [0, 0.05) is 23.7 Å². The molecule has 0 spiro atoms.